The van der Waals surface area contributed by atoms with Crippen LogP contribution in [0.2, 0.25) is 0 Å². The van der Waals surface area contributed by atoms with Crippen molar-refractivity contribution in [2.75, 3.05) is 7.05 Å². The number of allylic oxidation sites excluding steroid dienone is 1. The number of nitrogens with zero attached hydrogens (tertiary/aromatic N) is 2. The summed E-state index contributed by atoms with van der Waals surface area (Å²) in [6, 6.07) is 0. The lowest BCUT2D eigenvalue weighted by Gasteiger charge is -2.29. The van der Waals surface area contributed by atoms with E-state index in [1.165, 1.54) is 10.0 Å². The zero-order valence-corrected chi connectivity index (χ0v) is 8.04. The van der Waals surface area contributed by atoms with Gasteiger partial charge in [-0.05, 0) is 13.3 Å². The summed E-state index contributed by atoms with van der Waals surface area (Å²) in [7, 11) is 1.60. The maximum atomic E-state index is 11.5. The van der Waals surface area contributed by atoms with Gasteiger partial charge in [0.25, 0.3) is 0 Å². The lowest BCUT2D eigenvalue weighted by molar-refractivity contribution is -0.153. The third kappa shape index (κ3) is 1.88. The normalized spacial score (nSPS) is 18.9. The fourth-order valence-electron chi connectivity index (χ4n) is 1.41. The van der Waals surface area contributed by atoms with Crippen molar-refractivity contribution in [1.82, 2.24) is 10.0 Å². The first-order valence-corrected chi connectivity index (χ1v) is 4.29. The Bertz CT molecular complexity index is 260. The smallest absolute Gasteiger partial charge is 0.245 e. The van der Waals surface area contributed by atoms with E-state index in [4.69, 9.17) is 0 Å². The van der Waals surface area contributed by atoms with Crippen molar-refractivity contribution in [3.8, 4) is 0 Å². The molecule has 1 aliphatic rings. The average Bonchev–Trinajstić information content (AvgIpc) is 2.13. The summed E-state index contributed by atoms with van der Waals surface area (Å²) in [5, 5.41) is 2.69. The van der Waals surface area contributed by atoms with Gasteiger partial charge in [0.15, 0.2) is 0 Å². The SMILES string of the molecule is C=C(C)N1C(=O)CCCC(=O)N1C. The third-order valence-electron chi connectivity index (χ3n) is 2.04. The zero-order valence-electron chi connectivity index (χ0n) is 8.04. The standard InChI is InChI=1S/C9H14N2O2/c1-7(2)11-9(13)6-4-5-8(12)10(11)3/h1,4-6H2,2-3H3. The molecule has 4 heteroatoms. The van der Waals surface area contributed by atoms with E-state index in [2.05, 4.69) is 6.58 Å². The van der Waals surface area contributed by atoms with E-state index in [9.17, 15) is 9.59 Å². The van der Waals surface area contributed by atoms with E-state index in [1.807, 2.05) is 0 Å². The number of rotatable bonds is 1. The largest absolute Gasteiger partial charge is 0.273 e. The van der Waals surface area contributed by atoms with Gasteiger partial charge in [-0.3, -0.25) is 14.6 Å². The first-order chi connectivity index (χ1) is 6.04. The summed E-state index contributed by atoms with van der Waals surface area (Å²) >= 11 is 0. The Morgan fingerprint density at radius 2 is 1.85 bits per heavy atom. The topological polar surface area (TPSA) is 40.6 Å². The first kappa shape index (κ1) is 9.77. The Hall–Kier alpha value is -1.32. The van der Waals surface area contributed by atoms with Crippen molar-refractivity contribution in [2.24, 2.45) is 0 Å². The van der Waals surface area contributed by atoms with Crippen molar-refractivity contribution in [3.63, 3.8) is 0 Å². The molecule has 0 aromatic carbocycles. The van der Waals surface area contributed by atoms with Crippen LogP contribution in [0.5, 0.6) is 0 Å². The summed E-state index contributed by atoms with van der Waals surface area (Å²) in [5.41, 5.74) is 0.586. The maximum Gasteiger partial charge on any atom is 0.245 e. The fourth-order valence-corrected chi connectivity index (χ4v) is 1.41. The molecule has 13 heavy (non-hydrogen) atoms. The van der Waals surface area contributed by atoms with Gasteiger partial charge < -0.3 is 0 Å². The lowest BCUT2D eigenvalue weighted by atomic mass is 10.2. The van der Waals surface area contributed by atoms with Gasteiger partial charge in [-0.2, -0.15) is 0 Å². The highest BCUT2D eigenvalue weighted by molar-refractivity contribution is 5.85. The molecule has 1 rings (SSSR count). The van der Waals surface area contributed by atoms with Gasteiger partial charge in [-0.25, -0.2) is 5.01 Å². The molecule has 1 heterocycles. The molecule has 0 aromatic rings. The second-order valence-corrected chi connectivity index (χ2v) is 3.21. The molecule has 0 unspecified atom stereocenters. The predicted molar refractivity (Wildman–Crippen MR) is 48.3 cm³/mol. The van der Waals surface area contributed by atoms with Gasteiger partial charge in [0.2, 0.25) is 11.8 Å². The minimum Gasteiger partial charge on any atom is -0.273 e. The molecule has 0 atom stereocenters. The molecular formula is C9H14N2O2. The Morgan fingerprint density at radius 1 is 1.31 bits per heavy atom. The van der Waals surface area contributed by atoms with E-state index < -0.39 is 0 Å². The fraction of sp³-hybridized carbons (Fsp3) is 0.556. The molecule has 0 bridgehead atoms. The van der Waals surface area contributed by atoms with Gasteiger partial charge in [-0.15, -0.1) is 0 Å². The van der Waals surface area contributed by atoms with Crippen LogP contribution < -0.4 is 0 Å². The molecule has 0 radical (unpaired) electrons. The number of hydrazine groups is 1. The van der Waals surface area contributed by atoms with Crippen molar-refractivity contribution in [1.29, 1.82) is 0 Å². The summed E-state index contributed by atoms with van der Waals surface area (Å²) in [6.07, 6.45) is 1.49. The summed E-state index contributed by atoms with van der Waals surface area (Å²) in [6.45, 7) is 5.38. The minimum atomic E-state index is -0.0548. The second kappa shape index (κ2) is 3.60. The summed E-state index contributed by atoms with van der Waals surface area (Å²) < 4.78 is 0. The molecular weight excluding hydrogens is 168 g/mol. The highest BCUT2D eigenvalue weighted by Gasteiger charge is 2.26. The van der Waals surface area contributed by atoms with Crippen LogP contribution in [0.25, 0.3) is 0 Å². The van der Waals surface area contributed by atoms with Crippen LogP contribution in [0.4, 0.5) is 0 Å². The van der Waals surface area contributed by atoms with Crippen LogP contribution in [0.3, 0.4) is 0 Å². The van der Waals surface area contributed by atoms with E-state index in [0.29, 0.717) is 25.0 Å². The van der Waals surface area contributed by atoms with Crippen LogP contribution in [-0.2, 0) is 9.59 Å². The van der Waals surface area contributed by atoms with Crippen LogP contribution >= 0.6 is 0 Å². The van der Waals surface area contributed by atoms with Crippen LogP contribution in [0.1, 0.15) is 26.2 Å². The second-order valence-electron chi connectivity index (χ2n) is 3.21. The van der Waals surface area contributed by atoms with Crippen molar-refractivity contribution >= 4 is 11.8 Å². The lowest BCUT2D eigenvalue weighted by Crippen LogP contribution is -2.43. The number of hydrogen-bond donors (Lipinski definition) is 0. The molecule has 0 aromatic heterocycles. The number of carbonyl (C=O) groups is 2. The molecule has 1 aliphatic heterocycles. The van der Waals surface area contributed by atoms with Gasteiger partial charge in [0.05, 0.1) is 0 Å². The zero-order chi connectivity index (χ0) is 10.0. The minimum absolute atomic E-state index is 0.0335. The van der Waals surface area contributed by atoms with Gasteiger partial charge in [-0.1, -0.05) is 6.58 Å². The van der Waals surface area contributed by atoms with Crippen molar-refractivity contribution in [2.45, 2.75) is 26.2 Å². The highest BCUT2D eigenvalue weighted by Crippen LogP contribution is 2.15. The Morgan fingerprint density at radius 3 is 2.38 bits per heavy atom. The van der Waals surface area contributed by atoms with Gasteiger partial charge in [0.1, 0.15) is 0 Å². The molecule has 0 N–H and O–H groups in total. The first-order valence-electron chi connectivity index (χ1n) is 4.29. The Labute approximate surface area is 77.8 Å². The van der Waals surface area contributed by atoms with Crippen LogP contribution in [-0.4, -0.2) is 28.9 Å². The third-order valence-corrected chi connectivity index (χ3v) is 2.04. The van der Waals surface area contributed by atoms with Crippen molar-refractivity contribution < 1.29 is 9.59 Å². The molecule has 4 nitrogen and oxygen atoms in total. The summed E-state index contributed by atoms with van der Waals surface area (Å²) in [4.78, 5) is 22.8. The van der Waals surface area contributed by atoms with E-state index in [-0.39, 0.29) is 11.8 Å². The molecule has 0 saturated carbocycles. The molecule has 0 spiro atoms. The quantitative estimate of drug-likeness (QED) is 0.604. The van der Waals surface area contributed by atoms with E-state index in [0.717, 1.165) is 0 Å². The van der Waals surface area contributed by atoms with Gasteiger partial charge in [0, 0.05) is 25.6 Å². The van der Waals surface area contributed by atoms with Gasteiger partial charge >= 0.3 is 0 Å². The molecule has 1 saturated heterocycles. The molecule has 2 amide bonds. The number of carbonyl (C=O) groups excluding carboxylic acids is 2. The average molecular weight is 182 g/mol. The number of amides is 2. The monoisotopic (exact) mass is 182 g/mol. The molecule has 0 aliphatic carbocycles. The van der Waals surface area contributed by atoms with Crippen LogP contribution in [0, 0.1) is 0 Å². The maximum absolute atomic E-state index is 11.5. The molecule has 72 valence electrons. The number of hydrogen-bond acceptors (Lipinski definition) is 2. The Kier molecular flexibility index (Phi) is 2.70. The van der Waals surface area contributed by atoms with E-state index >= 15 is 0 Å². The highest BCUT2D eigenvalue weighted by atomic mass is 16.2. The molecule has 1 fully saturated rings. The van der Waals surface area contributed by atoms with E-state index in [1.54, 1.807) is 14.0 Å². The van der Waals surface area contributed by atoms with Crippen molar-refractivity contribution in [3.05, 3.63) is 12.3 Å². The summed E-state index contributed by atoms with van der Waals surface area (Å²) in [5.74, 6) is -0.0882. The Balaban J connectivity index is 2.91. The van der Waals surface area contributed by atoms with Crippen LogP contribution in [0.15, 0.2) is 12.3 Å². The predicted octanol–water partition coefficient (Wildman–Crippen LogP) is 0.906.